The van der Waals surface area contributed by atoms with Crippen LogP contribution < -0.4 is 0 Å². The van der Waals surface area contributed by atoms with Crippen LogP contribution in [0.3, 0.4) is 0 Å². The van der Waals surface area contributed by atoms with E-state index in [1.807, 2.05) is 0 Å². The number of hydrogen-bond donors (Lipinski definition) is 7. The molecule has 0 spiro atoms. The molecule has 4 aromatic carbocycles. The molecule has 3 heterocycles. The van der Waals surface area contributed by atoms with Crippen LogP contribution in [0.5, 0.6) is 0 Å². The molecular formula is C46H48O20. The van der Waals surface area contributed by atoms with Gasteiger partial charge in [0.2, 0.25) is 0 Å². The highest BCUT2D eigenvalue weighted by atomic mass is 16.8. The van der Waals surface area contributed by atoms with Crippen LogP contribution in [0.1, 0.15) is 41.4 Å². The lowest BCUT2D eigenvalue weighted by molar-refractivity contribution is -0.382. The first kappa shape index (κ1) is 48.2. The fourth-order valence-corrected chi connectivity index (χ4v) is 7.50. The van der Waals surface area contributed by atoms with Crippen LogP contribution in [0.15, 0.2) is 121 Å². The minimum absolute atomic E-state index is 0.00320. The summed E-state index contributed by atoms with van der Waals surface area (Å²) in [6.07, 6.45) is -28.2. The summed E-state index contributed by atoms with van der Waals surface area (Å²) in [6, 6.07) is 30.5. The van der Waals surface area contributed by atoms with Crippen molar-refractivity contribution >= 4 is 23.9 Å². The van der Waals surface area contributed by atoms with Gasteiger partial charge in [-0.2, -0.15) is 0 Å². The molecular weight excluding hydrogens is 872 g/mol. The van der Waals surface area contributed by atoms with Crippen molar-refractivity contribution in [2.24, 2.45) is 0 Å². The summed E-state index contributed by atoms with van der Waals surface area (Å²) in [5, 5.41) is 74.6. The number of aliphatic hydroxyl groups is 7. The maximum absolute atomic E-state index is 14.1. The molecule has 0 bridgehead atoms. The third kappa shape index (κ3) is 11.1. The Hall–Kier alpha value is -5.72. The molecule has 0 aliphatic carbocycles. The Morgan fingerprint density at radius 2 is 0.833 bits per heavy atom. The monoisotopic (exact) mass is 920 g/mol. The highest BCUT2D eigenvalue weighted by molar-refractivity contribution is 5.91. The quantitative estimate of drug-likeness (QED) is 0.0605. The van der Waals surface area contributed by atoms with Crippen LogP contribution in [-0.2, 0) is 42.6 Å². The number of hydrogen-bond acceptors (Lipinski definition) is 20. The fraction of sp³-hybridized carbons (Fsp3) is 0.391. The van der Waals surface area contributed by atoms with Gasteiger partial charge in [0.15, 0.2) is 37.2 Å². The Labute approximate surface area is 376 Å². The maximum atomic E-state index is 14.1. The zero-order chi connectivity index (χ0) is 46.9. The largest absolute Gasteiger partial charge is 0.459 e. The molecule has 0 amide bonds. The van der Waals surface area contributed by atoms with Gasteiger partial charge >= 0.3 is 23.9 Å². The Kier molecular flexibility index (Phi) is 16.2. The second-order valence-electron chi connectivity index (χ2n) is 15.4. The van der Waals surface area contributed by atoms with Gasteiger partial charge in [0.25, 0.3) is 0 Å². The summed E-state index contributed by atoms with van der Waals surface area (Å²) < 4.78 is 53.4. The van der Waals surface area contributed by atoms with Crippen LogP contribution in [-0.4, -0.2) is 172 Å². The molecule has 20 heteroatoms. The zero-order valence-corrected chi connectivity index (χ0v) is 34.8. The standard InChI is InChI=1S/C46H48O20/c47-21-28-31(49)32(50)33(51)45(60-28)65-35-29(22-48)59-44(57)34(52)37(35)66-46-39(64-43(56)27-19-11-4-12-20-27)38(63-42(55)26-17-9-3-10-18-26)36(62-41(54)25-15-7-2-8-16-25)30(61-46)23-58-40(53)24-13-5-1-6-14-24/h1-20,28-39,44-52,57H,21-23H2/t28-,29-,30-,31-,32+,33-,34-,35-,36-,37-,38+,39-,44+,45-,46+/m1/s1. The summed E-state index contributed by atoms with van der Waals surface area (Å²) in [6.45, 7) is -2.55. The Morgan fingerprint density at radius 1 is 0.409 bits per heavy atom. The molecule has 20 nitrogen and oxygen atoms in total. The van der Waals surface area contributed by atoms with E-state index in [4.69, 9.17) is 42.6 Å². The Balaban J connectivity index is 1.32. The van der Waals surface area contributed by atoms with Crippen LogP contribution in [0.2, 0.25) is 0 Å². The molecule has 7 rings (SSSR count). The van der Waals surface area contributed by atoms with E-state index in [9.17, 15) is 54.9 Å². The summed E-state index contributed by atoms with van der Waals surface area (Å²) in [7, 11) is 0. The van der Waals surface area contributed by atoms with Gasteiger partial charge in [0.05, 0.1) is 35.5 Å². The molecule has 7 N–H and O–H groups in total. The van der Waals surface area contributed by atoms with E-state index < -0.39 is 136 Å². The lowest BCUT2D eigenvalue weighted by Gasteiger charge is -2.49. The lowest BCUT2D eigenvalue weighted by Crippen LogP contribution is -2.68. The smallest absolute Gasteiger partial charge is 0.338 e. The predicted octanol–water partition coefficient (Wildman–Crippen LogP) is -0.114. The summed E-state index contributed by atoms with van der Waals surface area (Å²) in [4.78, 5) is 55.4. The van der Waals surface area contributed by atoms with Crippen molar-refractivity contribution in [2.75, 3.05) is 19.8 Å². The number of esters is 4. The van der Waals surface area contributed by atoms with E-state index >= 15 is 0 Å². The van der Waals surface area contributed by atoms with Gasteiger partial charge in [-0.25, -0.2) is 19.2 Å². The summed E-state index contributed by atoms with van der Waals surface area (Å²) in [5.74, 6) is -3.90. The minimum atomic E-state index is -2.13. The highest BCUT2D eigenvalue weighted by Crippen LogP contribution is 2.36. The number of rotatable bonds is 15. The second-order valence-corrected chi connectivity index (χ2v) is 15.4. The SMILES string of the molecule is O=C(OC[C@H]1O[C@@H](O[C@@H]2[C@@H](O)[C@@H](O)O[C@H](CO)[C@H]2O[C@H]2O[C@H](CO)[C@@H](O)[C@H](O)[C@H]2O)[C@H](OC(=O)c2ccccc2)[C@@H](OC(=O)c2ccccc2)[C@@H]1OC(=O)c1ccccc1)c1ccccc1. The summed E-state index contributed by atoms with van der Waals surface area (Å²) >= 11 is 0. The van der Waals surface area contributed by atoms with E-state index in [0.29, 0.717) is 0 Å². The van der Waals surface area contributed by atoms with Crippen LogP contribution in [0, 0.1) is 0 Å². The van der Waals surface area contributed by atoms with Crippen molar-refractivity contribution in [3.63, 3.8) is 0 Å². The zero-order valence-electron chi connectivity index (χ0n) is 34.8. The third-order valence-corrected chi connectivity index (χ3v) is 11.0. The molecule has 3 saturated heterocycles. The topological polar surface area (TPSA) is 293 Å². The van der Waals surface area contributed by atoms with Crippen molar-refractivity contribution in [3.05, 3.63) is 144 Å². The molecule has 0 radical (unpaired) electrons. The molecule has 352 valence electrons. The predicted molar refractivity (Wildman–Crippen MR) is 220 cm³/mol. The summed E-state index contributed by atoms with van der Waals surface area (Å²) in [5.41, 5.74) is 0.121. The van der Waals surface area contributed by atoms with E-state index in [0.717, 1.165) is 0 Å². The molecule has 66 heavy (non-hydrogen) atoms. The van der Waals surface area contributed by atoms with Gasteiger partial charge in [-0.1, -0.05) is 72.8 Å². The van der Waals surface area contributed by atoms with Crippen molar-refractivity contribution < 1.29 is 97.6 Å². The van der Waals surface area contributed by atoms with E-state index in [2.05, 4.69) is 0 Å². The first-order valence-electron chi connectivity index (χ1n) is 20.8. The van der Waals surface area contributed by atoms with Gasteiger partial charge in [0.1, 0.15) is 61.5 Å². The number of carbonyl (C=O) groups excluding carboxylic acids is 4. The van der Waals surface area contributed by atoms with Crippen LogP contribution in [0.4, 0.5) is 0 Å². The third-order valence-electron chi connectivity index (χ3n) is 11.0. The normalized spacial score (nSPS) is 32.1. The van der Waals surface area contributed by atoms with Crippen molar-refractivity contribution in [1.29, 1.82) is 0 Å². The Morgan fingerprint density at radius 3 is 1.32 bits per heavy atom. The van der Waals surface area contributed by atoms with E-state index in [1.165, 1.54) is 60.7 Å². The molecule has 0 unspecified atom stereocenters. The molecule has 3 fully saturated rings. The number of carbonyl (C=O) groups is 4. The van der Waals surface area contributed by atoms with Crippen molar-refractivity contribution in [2.45, 2.75) is 92.1 Å². The van der Waals surface area contributed by atoms with Crippen LogP contribution >= 0.6 is 0 Å². The van der Waals surface area contributed by atoms with Gasteiger partial charge in [-0.05, 0) is 48.5 Å². The second kappa shape index (κ2) is 22.2. The van der Waals surface area contributed by atoms with Crippen LogP contribution in [0.25, 0.3) is 0 Å². The van der Waals surface area contributed by atoms with Gasteiger partial charge in [-0.3, -0.25) is 0 Å². The molecule has 0 aromatic heterocycles. The first-order chi connectivity index (χ1) is 31.9. The van der Waals surface area contributed by atoms with Gasteiger partial charge < -0.3 is 78.4 Å². The molecule has 0 saturated carbocycles. The molecule has 3 aliphatic heterocycles. The van der Waals surface area contributed by atoms with Crippen molar-refractivity contribution in [1.82, 2.24) is 0 Å². The number of aliphatic hydroxyl groups excluding tert-OH is 7. The van der Waals surface area contributed by atoms with Crippen molar-refractivity contribution in [3.8, 4) is 0 Å². The Bertz CT molecular complexity index is 2200. The molecule has 3 aliphatic rings. The average molecular weight is 921 g/mol. The number of ether oxygens (including phenoxy) is 9. The van der Waals surface area contributed by atoms with E-state index in [-0.39, 0.29) is 22.3 Å². The maximum Gasteiger partial charge on any atom is 0.338 e. The van der Waals surface area contributed by atoms with Gasteiger partial charge in [-0.15, -0.1) is 0 Å². The fourth-order valence-electron chi connectivity index (χ4n) is 7.50. The molecule has 15 atom stereocenters. The average Bonchev–Trinajstić information content (AvgIpc) is 3.35. The first-order valence-corrected chi connectivity index (χ1v) is 20.8. The van der Waals surface area contributed by atoms with E-state index in [1.54, 1.807) is 60.7 Å². The minimum Gasteiger partial charge on any atom is -0.459 e. The van der Waals surface area contributed by atoms with Gasteiger partial charge in [0, 0.05) is 0 Å². The highest BCUT2D eigenvalue weighted by Gasteiger charge is 2.57. The molecule has 4 aromatic rings. The number of benzene rings is 4. The lowest BCUT2D eigenvalue weighted by atomic mass is 9.95.